The molecule has 0 atom stereocenters. The summed E-state index contributed by atoms with van der Waals surface area (Å²) < 4.78 is 5.51. The minimum absolute atomic E-state index is 0.0502. The zero-order chi connectivity index (χ0) is 14.7. The zero-order valence-electron chi connectivity index (χ0n) is 11.7. The van der Waals surface area contributed by atoms with Crippen LogP contribution in [0, 0.1) is 10.1 Å². The summed E-state index contributed by atoms with van der Waals surface area (Å²) in [4.78, 5) is 24.0. The van der Waals surface area contributed by atoms with E-state index in [0.29, 0.717) is 13.0 Å². The van der Waals surface area contributed by atoms with Crippen molar-refractivity contribution >= 4 is 17.2 Å². The molecule has 1 aromatic carbocycles. The second-order valence-electron chi connectivity index (χ2n) is 5.14. The van der Waals surface area contributed by atoms with Crippen molar-refractivity contribution in [1.82, 2.24) is 0 Å². The summed E-state index contributed by atoms with van der Waals surface area (Å²) in [6, 6.07) is 4.76. The molecular formula is C14H18N2O4. The third-order valence-electron chi connectivity index (χ3n) is 3.12. The highest BCUT2D eigenvalue weighted by Crippen LogP contribution is 2.33. The minimum Gasteiger partial charge on any atom is -0.484 e. The van der Waals surface area contributed by atoms with Crippen LogP contribution in [-0.2, 0) is 4.79 Å². The topological polar surface area (TPSA) is 72.7 Å². The summed E-state index contributed by atoms with van der Waals surface area (Å²) >= 11 is 0. The van der Waals surface area contributed by atoms with Crippen LogP contribution in [0.2, 0.25) is 0 Å². The maximum absolute atomic E-state index is 11.5. The lowest BCUT2D eigenvalue weighted by molar-refractivity contribution is -0.386. The Morgan fingerprint density at radius 3 is 2.75 bits per heavy atom. The smallest absolute Gasteiger partial charge is 0.311 e. The van der Waals surface area contributed by atoms with Gasteiger partial charge in [0, 0.05) is 30.8 Å². The molecule has 0 aromatic heterocycles. The molecule has 1 fully saturated rings. The molecule has 2 rings (SSSR count). The largest absolute Gasteiger partial charge is 0.484 e. The molecule has 0 N–H and O–H groups in total. The first kappa shape index (κ1) is 14.3. The summed E-state index contributed by atoms with van der Waals surface area (Å²) in [6.45, 7) is 4.78. The Bertz CT molecular complexity index is 528. The van der Waals surface area contributed by atoms with Gasteiger partial charge in [-0.05, 0) is 26.3 Å². The number of benzene rings is 1. The third-order valence-corrected chi connectivity index (χ3v) is 3.12. The SMILES string of the molecule is CC(C)Oc1cc(N2CCCC(=O)C2)ccc1[N+](=O)[O-]. The molecular weight excluding hydrogens is 260 g/mol. The Labute approximate surface area is 117 Å². The Balaban J connectivity index is 2.30. The molecule has 6 heteroatoms. The Morgan fingerprint density at radius 2 is 2.15 bits per heavy atom. The van der Waals surface area contributed by atoms with Crippen LogP contribution in [0.4, 0.5) is 11.4 Å². The molecule has 1 saturated heterocycles. The highest BCUT2D eigenvalue weighted by molar-refractivity contribution is 5.84. The number of nitrogens with zero attached hydrogens (tertiary/aromatic N) is 2. The van der Waals surface area contributed by atoms with Gasteiger partial charge >= 0.3 is 5.69 Å². The molecule has 1 aliphatic heterocycles. The maximum atomic E-state index is 11.5. The van der Waals surface area contributed by atoms with Crippen LogP contribution in [-0.4, -0.2) is 29.9 Å². The number of nitro groups is 1. The van der Waals surface area contributed by atoms with Gasteiger partial charge in [-0.2, -0.15) is 0 Å². The summed E-state index contributed by atoms with van der Waals surface area (Å²) in [5.41, 5.74) is 0.741. The number of nitro benzene ring substituents is 1. The van der Waals surface area contributed by atoms with E-state index in [1.54, 1.807) is 12.1 Å². The quantitative estimate of drug-likeness (QED) is 0.625. The van der Waals surface area contributed by atoms with Gasteiger partial charge in [-0.15, -0.1) is 0 Å². The molecule has 1 heterocycles. The zero-order valence-corrected chi connectivity index (χ0v) is 11.7. The molecule has 0 aliphatic carbocycles. The second kappa shape index (κ2) is 5.90. The predicted molar refractivity (Wildman–Crippen MR) is 75.3 cm³/mol. The standard InChI is InChI=1S/C14H18N2O4/c1-10(2)20-14-8-11(5-6-13(14)16(18)19)15-7-3-4-12(17)9-15/h5-6,8,10H,3-4,7,9H2,1-2H3. The molecule has 20 heavy (non-hydrogen) atoms. The van der Waals surface area contributed by atoms with Crippen LogP contribution in [0.1, 0.15) is 26.7 Å². The highest BCUT2D eigenvalue weighted by Gasteiger charge is 2.21. The van der Waals surface area contributed by atoms with E-state index in [9.17, 15) is 14.9 Å². The fraction of sp³-hybridized carbons (Fsp3) is 0.500. The van der Waals surface area contributed by atoms with E-state index in [4.69, 9.17) is 4.74 Å². The van der Waals surface area contributed by atoms with Crippen molar-refractivity contribution in [3.8, 4) is 5.75 Å². The number of rotatable bonds is 4. The highest BCUT2D eigenvalue weighted by atomic mass is 16.6. The van der Waals surface area contributed by atoms with Crippen LogP contribution >= 0.6 is 0 Å². The van der Waals surface area contributed by atoms with E-state index in [1.807, 2.05) is 18.7 Å². The lowest BCUT2D eigenvalue weighted by Crippen LogP contribution is -2.35. The Hall–Kier alpha value is -2.11. The molecule has 6 nitrogen and oxygen atoms in total. The van der Waals surface area contributed by atoms with Gasteiger partial charge in [0.15, 0.2) is 11.5 Å². The number of anilines is 1. The third kappa shape index (κ3) is 3.26. The van der Waals surface area contributed by atoms with Crippen molar-refractivity contribution in [3.63, 3.8) is 0 Å². The second-order valence-corrected chi connectivity index (χ2v) is 5.14. The van der Waals surface area contributed by atoms with Gasteiger partial charge in [0.1, 0.15) is 0 Å². The average molecular weight is 278 g/mol. The number of ketones is 1. The first-order chi connectivity index (χ1) is 9.47. The van der Waals surface area contributed by atoms with Gasteiger partial charge in [-0.1, -0.05) is 0 Å². The first-order valence-electron chi connectivity index (χ1n) is 6.69. The van der Waals surface area contributed by atoms with Gasteiger partial charge in [-0.25, -0.2) is 0 Å². The van der Waals surface area contributed by atoms with Gasteiger partial charge < -0.3 is 9.64 Å². The molecule has 108 valence electrons. The molecule has 1 aliphatic rings. The molecule has 0 radical (unpaired) electrons. The van der Waals surface area contributed by atoms with Crippen LogP contribution in [0.25, 0.3) is 0 Å². The lowest BCUT2D eigenvalue weighted by Gasteiger charge is -2.28. The van der Waals surface area contributed by atoms with Crippen molar-refractivity contribution in [3.05, 3.63) is 28.3 Å². The lowest BCUT2D eigenvalue weighted by atomic mass is 10.1. The Kier molecular flexibility index (Phi) is 4.22. The minimum atomic E-state index is -0.456. The summed E-state index contributed by atoms with van der Waals surface area (Å²) in [6.07, 6.45) is 1.28. The fourth-order valence-electron chi connectivity index (χ4n) is 2.26. The van der Waals surface area contributed by atoms with E-state index in [0.717, 1.165) is 18.7 Å². The van der Waals surface area contributed by atoms with E-state index in [1.165, 1.54) is 6.07 Å². The van der Waals surface area contributed by atoms with E-state index < -0.39 is 4.92 Å². The number of carbonyl (C=O) groups excluding carboxylic acids is 1. The molecule has 0 saturated carbocycles. The van der Waals surface area contributed by atoms with Gasteiger partial charge in [0.2, 0.25) is 0 Å². The molecule has 0 spiro atoms. The van der Waals surface area contributed by atoms with E-state index >= 15 is 0 Å². The molecule has 1 aromatic rings. The van der Waals surface area contributed by atoms with Crippen molar-refractivity contribution in [2.24, 2.45) is 0 Å². The average Bonchev–Trinajstić information content (AvgIpc) is 2.37. The fourth-order valence-corrected chi connectivity index (χ4v) is 2.26. The Morgan fingerprint density at radius 1 is 1.40 bits per heavy atom. The molecule has 0 bridgehead atoms. The summed E-state index contributed by atoms with van der Waals surface area (Å²) in [5.74, 6) is 0.446. The number of ether oxygens (including phenoxy) is 1. The number of hydrogen-bond acceptors (Lipinski definition) is 5. The van der Waals surface area contributed by atoms with E-state index in [2.05, 4.69) is 0 Å². The van der Waals surface area contributed by atoms with Crippen LogP contribution < -0.4 is 9.64 Å². The summed E-state index contributed by atoms with van der Waals surface area (Å²) in [5, 5.41) is 11.0. The van der Waals surface area contributed by atoms with Gasteiger partial charge in [0.25, 0.3) is 0 Å². The van der Waals surface area contributed by atoms with Crippen molar-refractivity contribution in [2.75, 3.05) is 18.0 Å². The van der Waals surface area contributed by atoms with Crippen LogP contribution in [0.5, 0.6) is 5.75 Å². The number of piperidine rings is 1. The maximum Gasteiger partial charge on any atom is 0.311 e. The summed E-state index contributed by atoms with van der Waals surface area (Å²) in [7, 11) is 0. The van der Waals surface area contributed by atoms with Gasteiger partial charge in [-0.3, -0.25) is 14.9 Å². The van der Waals surface area contributed by atoms with Crippen LogP contribution in [0.3, 0.4) is 0 Å². The monoisotopic (exact) mass is 278 g/mol. The molecule has 0 unspecified atom stereocenters. The van der Waals surface area contributed by atoms with Crippen molar-refractivity contribution < 1.29 is 14.5 Å². The first-order valence-corrected chi connectivity index (χ1v) is 6.69. The predicted octanol–water partition coefficient (Wildman–Crippen LogP) is 2.55. The van der Waals surface area contributed by atoms with Crippen molar-refractivity contribution in [1.29, 1.82) is 0 Å². The number of carbonyl (C=O) groups is 1. The van der Waals surface area contributed by atoms with Crippen LogP contribution in [0.15, 0.2) is 18.2 Å². The van der Waals surface area contributed by atoms with Gasteiger partial charge in [0.05, 0.1) is 17.6 Å². The number of hydrogen-bond donors (Lipinski definition) is 0. The number of Topliss-reactive ketones (excluding diaryl/α,β-unsaturated/α-hetero) is 1. The van der Waals surface area contributed by atoms with Crippen molar-refractivity contribution in [2.45, 2.75) is 32.8 Å². The molecule has 0 amide bonds. The normalized spacial score (nSPS) is 15.6. The van der Waals surface area contributed by atoms with E-state index in [-0.39, 0.29) is 23.3 Å².